The fraction of sp³-hybridized carbons (Fsp3) is 0.556. The molecule has 1 saturated carbocycles. The van der Waals surface area contributed by atoms with Crippen molar-refractivity contribution in [2.24, 2.45) is 11.8 Å². The summed E-state index contributed by atoms with van der Waals surface area (Å²) in [5.74, 6) is 0.493. The van der Waals surface area contributed by atoms with Crippen molar-refractivity contribution >= 4 is 11.8 Å². The molecule has 1 fully saturated rings. The van der Waals surface area contributed by atoms with Crippen LogP contribution in [0.5, 0.6) is 5.75 Å². The molecule has 0 heterocycles. The van der Waals surface area contributed by atoms with Crippen LogP contribution in [0.15, 0.2) is 24.3 Å². The van der Waals surface area contributed by atoms with E-state index in [4.69, 9.17) is 4.74 Å². The fourth-order valence-electron chi connectivity index (χ4n) is 2.52. The van der Waals surface area contributed by atoms with E-state index >= 15 is 0 Å². The minimum Gasteiger partial charge on any atom is -0.497 e. The summed E-state index contributed by atoms with van der Waals surface area (Å²) in [5.41, 5.74) is 1.12. The molecule has 3 atom stereocenters. The molecule has 2 rings (SSSR count). The molecule has 126 valence electrons. The van der Waals surface area contributed by atoms with Gasteiger partial charge in [0.25, 0.3) is 0 Å². The summed E-state index contributed by atoms with van der Waals surface area (Å²) in [4.78, 5) is 24.0. The molecule has 1 aliphatic rings. The third kappa shape index (κ3) is 4.98. The van der Waals surface area contributed by atoms with Gasteiger partial charge in [-0.1, -0.05) is 19.1 Å². The summed E-state index contributed by atoms with van der Waals surface area (Å²) >= 11 is 0. The first-order valence-electron chi connectivity index (χ1n) is 8.26. The van der Waals surface area contributed by atoms with Gasteiger partial charge in [-0.15, -0.1) is 0 Å². The number of hydrogen-bond acceptors (Lipinski definition) is 3. The number of benzene rings is 1. The summed E-state index contributed by atoms with van der Waals surface area (Å²) in [5, 5.41) is 5.86. The quantitative estimate of drug-likeness (QED) is 0.769. The Morgan fingerprint density at radius 3 is 2.74 bits per heavy atom. The molecule has 0 aliphatic heterocycles. The van der Waals surface area contributed by atoms with Crippen LogP contribution in [0.3, 0.4) is 0 Å². The molecule has 5 heteroatoms. The molecule has 0 aromatic heterocycles. The van der Waals surface area contributed by atoms with Crippen LogP contribution in [-0.4, -0.2) is 31.5 Å². The summed E-state index contributed by atoms with van der Waals surface area (Å²) < 4.78 is 5.18. The average molecular weight is 318 g/mol. The minimum atomic E-state index is -0.163. The molecule has 1 aliphatic carbocycles. The number of carbonyl (C=O) groups is 2. The lowest BCUT2D eigenvalue weighted by Gasteiger charge is -2.11. The molecule has 2 N–H and O–H groups in total. The topological polar surface area (TPSA) is 67.4 Å². The van der Waals surface area contributed by atoms with Crippen molar-refractivity contribution in [3.63, 3.8) is 0 Å². The summed E-state index contributed by atoms with van der Waals surface area (Å²) in [7, 11) is 1.64. The number of nitrogens with one attached hydrogen (secondary N) is 2. The van der Waals surface area contributed by atoms with E-state index in [2.05, 4.69) is 10.6 Å². The molecule has 0 radical (unpaired) electrons. The summed E-state index contributed by atoms with van der Waals surface area (Å²) in [6.07, 6.45) is 2.31. The molecule has 1 aromatic carbocycles. The zero-order chi connectivity index (χ0) is 16.8. The highest BCUT2D eigenvalue weighted by atomic mass is 16.5. The van der Waals surface area contributed by atoms with Crippen LogP contribution < -0.4 is 15.4 Å². The second-order valence-corrected chi connectivity index (χ2v) is 6.16. The SMILES string of the molecule is CCC(C)NC(=O)C1CC1C(=O)NCCc1cccc(OC)c1. The Hall–Kier alpha value is -2.04. The monoisotopic (exact) mass is 318 g/mol. The van der Waals surface area contributed by atoms with Crippen molar-refractivity contribution in [1.82, 2.24) is 10.6 Å². The highest BCUT2D eigenvalue weighted by molar-refractivity contribution is 5.92. The Morgan fingerprint density at radius 2 is 2.04 bits per heavy atom. The van der Waals surface area contributed by atoms with Gasteiger partial charge in [0.1, 0.15) is 5.75 Å². The van der Waals surface area contributed by atoms with Crippen LogP contribution in [0.4, 0.5) is 0 Å². The first-order chi connectivity index (χ1) is 11.0. The van der Waals surface area contributed by atoms with Gasteiger partial charge < -0.3 is 15.4 Å². The van der Waals surface area contributed by atoms with Gasteiger partial charge in [0.05, 0.1) is 18.9 Å². The Labute approximate surface area is 137 Å². The Bertz CT molecular complexity index is 559. The van der Waals surface area contributed by atoms with E-state index in [1.165, 1.54) is 0 Å². The third-order valence-corrected chi connectivity index (χ3v) is 4.31. The van der Waals surface area contributed by atoms with E-state index in [1.54, 1.807) is 7.11 Å². The van der Waals surface area contributed by atoms with Gasteiger partial charge in [-0.25, -0.2) is 0 Å². The van der Waals surface area contributed by atoms with Gasteiger partial charge in [0.15, 0.2) is 0 Å². The minimum absolute atomic E-state index is 0.00676. The van der Waals surface area contributed by atoms with Gasteiger partial charge >= 0.3 is 0 Å². The highest BCUT2D eigenvalue weighted by Gasteiger charge is 2.47. The molecule has 1 aromatic rings. The van der Waals surface area contributed by atoms with Crippen LogP contribution in [0, 0.1) is 11.8 Å². The fourth-order valence-corrected chi connectivity index (χ4v) is 2.52. The molecule has 3 unspecified atom stereocenters. The van der Waals surface area contributed by atoms with Crippen LogP contribution >= 0.6 is 0 Å². The summed E-state index contributed by atoms with van der Waals surface area (Å²) in [6, 6.07) is 7.97. The standard InChI is InChI=1S/C18H26N2O3/c1-4-12(2)20-18(22)16-11-15(16)17(21)19-9-8-13-6-5-7-14(10-13)23-3/h5-7,10,12,15-16H,4,8-9,11H2,1-3H3,(H,19,21)(H,20,22). The lowest BCUT2D eigenvalue weighted by Crippen LogP contribution is -2.35. The highest BCUT2D eigenvalue weighted by Crippen LogP contribution is 2.38. The van der Waals surface area contributed by atoms with Crippen molar-refractivity contribution in [1.29, 1.82) is 0 Å². The molecular weight excluding hydrogens is 292 g/mol. The van der Waals surface area contributed by atoms with E-state index in [0.717, 1.165) is 24.2 Å². The number of methoxy groups -OCH3 is 1. The number of rotatable bonds is 8. The maximum Gasteiger partial charge on any atom is 0.224 e. The van der Waals surface area contributed by atoms with Crippen molar-refractivity contribution in [3.8, 4) is 5.75 Å². The van der Waals surface area contributed by atoms with Crippen molar-refractivity contribution in [2.75, 3.05) is 13.7 Å². The first-order valence-corrected chi connectivity index (χ1v) is 8.26. The molecule has 23 heavy (non-hydrogen) atoms. The van der Waals surface area contributed by atoms with E-state index in [-0.39, 0.29) is 29.7 Å². The maximum absolute atomic E-state index is 12.1. The largest absolute Gasteiger partial charge is 0.497 e. The van der Waals surface area contributed by atoms with E-state index in [9.17, 15) is 9.59 Å². The second kappa shape index (κ2) is 7.99. The second-order valence-electron chi connectivity index (χ2n) is 6.16. The van der Waals surface area contributed by atoms with Gasteiger partial charge in [-0.2, -0.15) is 0 Å². The zero-order valence-corrected chi connectivity index (χ0v) is 14.1. The number of amides is 2. The molecule has 5 nitrogen and oxygen atoms in total. The van der Waals surface area contributed by atoms with Gasteiger partial charge in [-0.05, 0) is 43.9 Å². The van der Waals surface area contributed by atoms with Crippen molar-refractivity contribution < 1.29 is 14.3 Å². The maximum atomic E-state index is 12.1. The van der Waals surface area contributed by atoms with Gasteiger partial charge in [-0.3, -0.25) is 9.59 Å². The predicted molar refractivity (Wildman–Crippen MR) is 89.2 cm³/mol. The van der Waals surface area contributed by atoms with Crippen LogP contribution in [0.1, 0.15) is 32.3 Å². The number of carbonyl (C=O) groups excluding carboxylic acids is 2. The molecule has 0 spiro atoms. The normalized spacial score (nSPS) is 20.5. The van der Waals surface area contributed by atoms with Crippen LogP contribution in [-0.2, 0) is 16.0 Å². The first kappa shape index (κ1) is 17.3. The number of hydrogen-bond donors (Lipinski definition) is 2. The van der Waals surface area contributed by atoms with E-state index in [0.29, 0.717) is 13.0 Å². The Kier molecular flexibility index (Phi) is 6.02. The van der Waals surface area contributed by atoms with E-state index in [1.807, 2.05) is 38.1 Å². The van der Waals surface area contributed by atoms with E-state index < -0.39 is 0 Å². The predicted octanol–water partition coefficient (Wildman–Crippen LogP) is 1.90. The van der Waals surface area contributed by atoms with Crippen molar-refractivity contribution in [2.45, 2.75) is 39.2 Å². The molecule has 2 amide bonds. The average Bonchev–Trinajstić information content (AvgIpc) is 3.35. The van der Waals surface area contributed by atoms with Gasteiger partial charge in [0.2, 0.25) is 11.8 Å². The number of ether oxygens (including phenoxy) is 1. The Balaban J connectivity index is 1.71. The molecule has 0 saturated heterocycles. The molecular formula is C18H26N2O3. The van der Waals surface area contributed by atoms with Crippen LogP contribution in [0.2, 0.25) is 0 Å². The van der Waals surface area contributed by atoms with Gasteiger partial charge in [0, 0.05) is 12.6 Å². The Morgan fingerprint density at radius 1 is 1.30 bits per heavy atom. The lowest BCUT2D eigenvalue weighted by atomic mass is 10.1. The zero-order valence-electron chi connectivity index (χ0n) is 14.1. The lowest BCUT2D eigenvalue weighted by molar-refractivity contribution is -0.127. The molecule has 0 bridgehead atoms. The smallest absolute Gasteiger partial charge is 0.224 e. The van der Waals surface area contributed by atoms with Crippen molar-refractivity contribution in [3.05, 3.63) is 29.8 Å². The van der Waals surface area contributed by atoms with Crippen LogP contribution in [0.25, 0.3) is 0 Å². The summed E-state index contributed by atoms with van der Waals surface area (Å²) in [6.45, 7) is 4.58. The third-order valence-electron chi connectivity index (χ3n) is 4.31.